The normalized spacial score (nSPS) is 18.1. The van der Waals surface area contributed by atoms with Crippen LogP contribution in [0.4, 0.5) is 10.5 Å². The van der Waals surface area contributed by atoms with Gasteiger partial charge in [0.25, 0.3) is 0 Å². The summed E-state index contributed by atoms with van der Waals surface area (Å²) in [6.45, 7) is 2.49. The number of imide groups is 1. The molecule has 0 saturated heterocycles. The first-order valence-electron chi connectivity index (χ1n) is 8.57. The molecule has 3 rings (SSSR count). The van der Waals surface area contributed by atoms with Gasteiger partial charge in [-0.05, 0) is 62.8 Å². The van der Waals surface area contributed by atoms with Crippen LogP contribution in [0.2, 0.25) is 0 Å². The molecule has 2 fully saturated rings. The number of urea groups is 1. The molecule has 1 aromatic carbocycles. The van der Waals surface area contributed by atoms with Gasteiger partial charge in [0.2, 0.25) is 5.91 Å². The highest BCUT2D eigenvalue weighted by Crippen LogP contribution is 2.39. The number of carbonyl (C=O) groups is 2. The third-order valence-electron chi connectivity index (χ3n) is 4.77. The van der Waals surface area contributed by atoms with Gasteiger partial charge in [0.1, 0.15) is 5.75 Å². The van der Waals surface area contributed by atoms with E-state index >= 15 is 0 Å². The quantitative estimate of drug-likeness (QED) is 0.806. The molecule has 2 aliphatic carbocycles. The highest BCUT2D eigenvalue weighted by molar-refractivity contribution is 6.01. The van der Waals surface area contributed by atoms with Crippen LogP contribution in [0.25, 0.3) is 0 Å². The minimum Gasteiger partial charge on any atom is -0.497 e. The smallest absolute Gasteiger partial charge is 0.325 e. The molecule has 0 bridgehead atoms. The molecule has 2 saturated carbocycles. The molecule has 0 radical (unpaired) electrons. The van der Waals surface area contributed by atoms with Crippen LogP contribution < -0.4 is 15.4 Å². The summed E-state index contributed by atoms with van der Waals surface area (Å²) in [4.78, 5) is 26.4. The fourth-order valence-corrected chi connectivity index (χ4v) is 3.03. The minimum atomic E-state index is -0.500. The number of nitrogens with one attached hydrogen (secondary N) is 2. The number of hydrogen-bond acceptors (Lipinski definition) is 4. The fraction of sp³-hybridized carbons (Fsp3) is 0.556. The Bertz CT molecular complexity index is 594. The highest BCUT2D eigenvalue weighted by Gasteiger charge is 2.39. The van der Waals surface area contributed by atoms with Crippen molar-refractivity contribution in [2.45, 2.75) is 44.7 Å². The topological polar surface area (TPSA) is 70.7 Å². The van der Waals surface area contributed by atoms with Crippen molar-refractivity contribution in [3.8, 4) is 5.75 Å². The van der Waals surface area contributed by atoms with E-state index in [1.54, 1.807) is 31.4 Å². The van der Waals surface area contributed by atoms with E-state index in [1.165, 1.54) is 12.8 Å². The van der Waals surface area contributed by atoms with Gasteiger partial charge in [0.05, 0.1) is 13.7 Å². The third kappa shape index (κ3) is 4.47. The van der Waals surface area contributed by atoms with E-state index in [4.69, 9.17) is 4.74 Å². The van der Waals surface area contributed by atoms with E-state index in [-0.39, 0.29) is 5.91 Å². The number of rotatable bonds is 7. The summed E-state index contributed by atoms with van der Waals surface area (Å²) in [5.74, 6) is 1.18. The van der Waals surface area contributed by atoms with Crippen molar-refractivity contribution in [3.05, 3.63) is 24.3 Å². The van der Waals surface area contributed by atoms with Gasteiger partial charge in [-0.1, -0.05) is 0 Å². The lowest BCUT2D eigenvalue weighted by atomic mass is 10.1. The molecule has 0 spiro atoms. The molecule has 0 heterocycles. The fourth-order valence-electron chi connectivity index (χ4n) is 3.03. The zero-order valence-corrected chi connectivity index (χ0v) is 14.2. The summed E-state index contributed by atoms with van der Waals surface area (Å²) in [5, 5.41) is 5.08. The molecule has 1 unspecified atom stereocenters. The molecule has 6 nitrogen and oxygen atoms in total. The molecule has 6 heteroatoms. The standard InChI is InChI=1S/C18H25N3O3/c1-12(13-3-4-13)21(15-7-8-15)11-17(22)20-18(23)19-14-5-9-16(24-2)10-6-14/h5-6,9-10,12-13,15H,3-4,7-8,11H2,1-2H3,(H2,19,20,22,23). The Morgan fingerprint density at radius 1 is 1.21 bits per heavy atom. The summed E-state index contributed by atoms with van der Waals surface area (Å²) in [6.07, 6.45) is 4.82. The van der Waals surface area contributed by atoms with Crippen molar-refractivity contribution in [3.63, 3.8) is 0 Å². The van der Waals surface area contributed by atoms with E-state index in [9.17, 15) is 9.59 Å². The highest BCUT2D eigenvalue weighted by atomic mass is 16.5. The average molecular weight is 331 g/mol. The maximum absolute atomic E-state index is 12.2. The van der Waals surface area contributed by atoms with Crippen molar-refractivity contribution < 1.29 is 14.3 Å². The Kier molecular flexibility index (Phi) is 5.04. The van der Waals surface area contributed by atoms with Crippen molar-refractivity contribution in [2.75, 3.05) is 19.0 Å². The Labute approximate surface area is 142 Å². The van der Waals surface area contributed by atoms with Crippen LogP contribution in [0.1, 0.15) is 32.6 Å². The maximum atomic E-state index is 12.2. The SMILES string of the molecule is COc1ccc(NC(=O)NC(=O)CN(C2CC2)C(C)C2CC2)cc1. The summed E-state index contributed by atoms with van der Waals surface area (Å²) in [7, 11) is 1.59. The summed E-state index contributed by atoms with van der Waals surface area (Å²) >= 11 is 0. The number of nitrogens with zero attached hydrogens (tertiary/aromatic N) is 1. The van der Waals surface area contributed by atoms with Crippen LogP contribution >= 0.6 is 0 Å². The van der Waals surface area contributed by atoms with E-state index < -0.39 is 6.03 Å². The predicted molar refractivity (Wildman–Crippen MR) is 92.1 cm³/mol. The van der Waals surface area contributed by atoms with Crippen LogP contribution in [0.5, 0.6) is 5.75 Å². The van der Waals surface area contributed by atoms with Crippen LogP contribution in [-0.2, 0) is 4.79 Å². The molecule has 24 heavy (non-hydrogen) atoms. The van der Waals surface area contributed by atoms with Gasteiger partial charge in [-0.25, -0.2) is 4.79 Å². The van der Waals surface area contributed by atoms with Crippen LogP contribution in [0.15, 0.2) is 24.3 Å². The number of methoxy groups -OCH3 is 1. The Hall–Kier alpha value is -2.08. The first-order chi connectivity index (χ1) is 11.6. The van der Waals surface area contributed by atoms with Gasteiger partial charge in [0, 0.05) is 17.8 Å². The predicted octanol–water partition coefficient (Wildman–Crippen LogP) is 2.61. The van der Waals surface area contributed by atoms with E-state index in [1.807, 2.05) is 0 Å². The van der Waals surface area contributed by atoms with Gasteiger partial charge >= 0.3 is 6.03 Å². The number of anilines is 1. The zero-order valence-electron chi connectivity index (χ0n) is 14.2. The first kappa shape index (κ1) is 16.8. The second-order valence-corrected chi connectivity index (χ2v) is 6.71. The van der Waals surface area contributed by atoms with Crippen molar-refractivity contribution in [1.29, 1.82) is 0 Å². The van der Waals surface area contributed by atoms with E-state index in [0.717, 1.165) is 12.8 Å². The van der Waals surface area contributed by atoms with Gasteiger partial charge in [-0.15, -0.1) is 0 Å². The maximum Gasteiger partial charge on any atom is 0.325 e. The average Bonchev–Trinajstić information content (AvgIpc) is 3.45. The first-order valence-corrected chi connectivity index (χ1v) is 8.57. The Morgan fingerprint density at radius 2 is 1.88 bits per heavy atom. The number of carbonyl (C=O) groups excluding carboxylic acids is 2. The van der Waals surface area contributed by atoms with Gasteiger partial charge in [-0.3, -0.25) is 15.0 Å². The molecule has 3 amide bonds. The molecule has 0 aromatic heterocycles. The zero-order chi connectivity index (χ0) is 17.1. The number of hydrogen-bond donors (Lipinski definition) is 2. The largest absolute Gasteiger partial charge is 0.497 e. The van der Waals surface area contributed by atoms with Gasteiger partial charge in [0.15, 0.2) is 0 Å². The van der Waals surface area contributed by atoms with E-state index in [0.29, 0.717) is 36.0 Å². The summed E-state index contributed by atoms with van der Waals surface area (Å²) in [5.41, 5.74) is 0.617. The van der Waals surface area contributed by atoms with Crippen molar-refractivity contribution in [2.24, 2.45) is 5.92 Å². The second-order valence-electron chi connectivity index (χ2n) is 6.71. The Balaban J connectivity index is 1.48. The van der Waals surface area contributed by atoms with Crippen molar-refractivity contribution in [1.82, 2.24) is 10.2 Å². The lowest BCUT2D eigenvalue weighted by molar-refractivity contribution is -0.121. The molecule has 0 aliphatic heterocycles. The summed E-state index contributed by atoms with van der Waals surface area (Å²) in [6, 6.07) is 7.40. The summed E-state index contributed by atoms with van der Waals surface area (Å²) < 4.78 is 5.07. The van der Waals surface area contributed by atoms with Crippen molar-refractivity contribution >= 4 is 17.6 Å². The Morgan fingerprint density at radius 3 is 2.42 bits per heavy atom. The molecular formula is C18H25N3O3. The molecular weight excluding hydrogens is 306 g/mol. The molecule has 1 atom stereocenters. The molecule has 1 aromatic rings. The van der Waals surface area contributed by atoms with Crippen LogP contribution in [0, 0.1) is 5.92 Å². The molecule has 130 valence electrons. The lowest BCUT2D eigenvalue weighted by Gasteiger charge is -2.28. The number of benzene rings is 1. The number of ether oxygens (including phenoxy) is 1. The third-order valence-corrected chi connectivity index (χ3v) is 4.77. The number of amides is 3. The van der Waals surface area contributed by atoms with E-state index in [2.05, 4.69) is 22.5 Å². The van der Waals surface area contributed by atoms with Crippen LogP contribution in [-0.4, -0.2) is 42.6 Å². The molecule has 2 aliphatic rings. The lowest BCUT2D eigenvalue weighted by Crippen LogP contribution is -2.46. The van der Waals surface area contributed by atoms with Gasteiger partial charge < -0.3 is 10.1 Å². The van der Waals surface area contributed by atoms with Crippen LogP contribution in [0.3, 0.4) is 0 Å². The second kappa shape index (κ2) is 7.21. The van der Waals surface area contributed by atoms with Gasteiger partial charge in [-0.2, -0.15) is 0 Å². The monoisotopic (exact) mass is 331 g/mol. The molecule has 2 N–H and O–H groups in total. The minimum absolute atomic E-state index is 0.250.